The van der Waals surface area contributed by atoms with Gasteiger partial charge in [-0.05, 0) is 72.6 Å². The van der Waals surface area contributed by atoms with E-state index in [2.05, 4.69) is 45.9 Å². The van der Waals surface area contributed by atoms with Crippen molar-refractivity contribution in [3.8, 4) is 11.5 Å². The first kappa shape index (κ1) is 23.6. The predicted octanol–water partition coefficient (Wildman–Crippen LogP) is 3.60. The van der Waals surface area contributed by atoms with Gasteiger partial charge in [0.25, 0.3) is 11.8 Å². The number of aryl methyl sites for hydroxylation is 1. The van der Waals surface area contributed by atoms with Crippen LogP contribution in [0.4, 0.5) is 0 Å². The molecular weight excluding hydrogens is 470 g/mol. The van der Waals surface area contributed by atoms with E-state index in [1.165, 1.54) is 0 Å². The normalized spacial score (nSPS) is 10.3. The Morgan fingerprint density at radius 3 is 2.40 bits per heavy atom. The van der Waals surface area contributed by atoms with Gasteiger partial charge in [0.05, 0.1) is 7.11 Å². The fraction of sp³-hybridized carbons (Fsp3) is 0.286. The molecule has 0 aliphatic heterocycles. The molecule has 0 aliphatic rings. The van der Waals surface area contributed by atoms with Crippen LogP contribution in [0.2, 0.25) is 0 Å². The number of thiocarbonyl (C=S) groups is 1. The molecule has 2 amide bonds. The van der Waals surface area contributed by atoms with E-state index in [9.17, 15) is 9.59 Å². The summed E-state index contributed by atoms with van der Waals surface area (Å²) in [5.74, 6) is 0.672. The van der Waals surface area contributed by atoms with E-state index < -0.39 is 11.8 Å². The fourth-order valence-electron chi connectivity index (χ4n) is 2.51. The zero-order valence-corrected chi connectivity index (χ0v) is 19.6. The topological polar surface area (TPSA) is 88.7 Å². The molecule has 0 fully saturated rings. The summed E-state index contributed by atoms with van der Waals surface area (Å²) >= 11 is 8.55. The van der Waals surface area contributed by atoms with Crippen LogP contribution < -0.4 is 25.6 Å². The third kappa shape index (κ3) is 6.70. The number of methoxy groups -OCH3 is 1. The molecule has 0 aromatic heterocycles. The van der Waals surface area contributed by atoms with Crippen LogP contribution in [0.3, 0.4) is 0 Å². The Hall–Kier alpha value is -2.65. The molecule has 0 atom stereocenters. The molecule has 160 valence electrons. The molecule has 2 rings (SSSR count). The SMILES string of the molecule is COc1ccc(C(=O)NNC(=S)NC(=O)COc2cc(C)c(Br)cc2C(C)C)cc1. The summed E-state index contributed by atoms with van der Waals surface area (Å²) in [5.41, 5.74) is 7.32. The molecule has 0 spiro atoms. The quantitative estimate of drug-likeness (QED) is 0.420. The molecule has 9 heteroatoms. The van der Waals surface area contributed by atoms with Crippen LogP contribution >= 0.6 is 28.1 Å². The van der Waals surface area contributed by atoms with Gasteiger partial charge in [-0.3, -0.25) is 25.8 Å². The summed E-state index contributed by atoms with van der Waals surface area (Å²) in [4.78, 5) is 24.2. The zero-order valence-electron chi connectivity index (χ0n) is 17.2. The second-order valence-electron chi connectivity index (χ2n) is 6.77. The number of hydrazine groups is 1. The average molecular weight is 494 g/mol. The average Bonchev–Trinajstić information content (AvgIpc) is 2.72. The van der Waals surface area contributed by atoms with E-state index >= 15 is 0 Å². The maximum Gasteiger partial charge on any atom is 0.269 e. The Morgan fingerprint density at radius 1 is 1.13 bits per heavy atom. The number of ether oxygens (including phenoxy) is 2. The van der Waals surface area contributed by atoms with Crippen molar-refractivity contribution in [2.75, 3.05) is 13.7 Å². The molecule has 2 aromatic carbocycles. The van der Waals surface area contributed by atoms with E-state index in [4.69, 9.17) is 21.7 Å². The molecule has 0 bridgehead atoms. The molecule has 30 heavy (non-hydrogen) atoms. The summed E-state index contributed by atoms with van der Waals surface area (Å²) in [7, 11) is 1.54. The van der Waals surface area contributed by atoms with Crippen LogP contribution in [0.1, 0.15) is 41.3 Å². The molecular formula is C21H24BrN3O4S. The van der Waals surface area contributed by atoms with Gasteiger partial charge in [0.15, 0.2) is 11.7 Å². The van der Waals surface area contributed by atoms with Crippen LogP contribution in [0.15, 0.2) is 40.9 Å². The smallest absolute Gasteiger partial charge is 0.269 e. The van der Waals surface area contributed by atoms with Crippen LogP contribution in [-0.4, -0.2) is 30.6 Å². The highest BCUT2D eigenvalue weighted by atomic mass is 79.9. The van der Waals surface area contributed by atoms with Gasteiger partial charge in [-0.15, -0.1) is 0 Å². The molecule has 0 aliphatic carbocycles. The Labute approximate surface area is 189 Å². The van der Waals surface area contributed by atoms with Crippen molar-refractivity contribution >= 4 is 45.1 Å². The number of benzene rings is 2. The molecule has 0 heterocycles. The van der Waals surface area contributed by atoms with Gasteiger partial charge >= 0.3 is 0 Å². The van der Waals surface area contributed by atoms with Crippen LogP contribution in [0, 0.1) is 6.92 Å². The maximum absolute atomic E-state index is 12.1. The number of carbonyl (C=O) groups excluding carboxylic acids is 2. The molecule has 0 unspecified atom stereocenters. The van der Waals surface area contributed by atoms with E-state index in [-0.39, 0.29) is 17.6 Å². The van der Waals surface area contributed by atoms with Crippen LogP contribution in [0.25, 0.3) is 0 Å². The van der Waals surface area contributed by atoms with Crippen molar-refractivity contribution in [2.24, 2.45) is 0 Å². The number of hydrogen-bond donors (Lipinski definition) is 3. The summed E-state index contributed by atoms with van der Waals surface area (Å²) in [6.45, 7) is 5.84. The number of amides is 2. The number of carbonyl (C=O) groups is 2. The highest BCUT2D eigenvalue weighted by Crippen LogP contribution is 2.32. The minimum Gasteiger partial charge on any atom is -0.497 e. The van der Waals surface area contributed by atoms with Gasteiger partial charge in [0, 0.05) is 10.0 Å². The van der Waals surface area contributed by atoms with Gasteiger partial charge in [-0.25, -0.2) is 0 Å². The molecule has 2 aromatic rings. The molecule has 0 radical (unpaired) electrons. The first-order valence-corrected chi connectivity index (χ1v) is 10.4. The van der Waals surface area contributed by atoms with Gasteiger partial charge in [0.1, 0.15) is 11.5 Å². The lowest BCUT2D eigenvalue weighted by Crippen LogP contribution is -2.49. The first-order valence-electron chi connectivity index (χ1n) is 9.18. The number of rotatable bonds is 6. The van der Waals surface area contributed by atoms with Gasteiger partial charge in [-0.2, -0.15) is 0 Å². The summed E-state index contributed by atoms with van der Waals surface area (Å²) in [6.07, 6.45) is 0. The Balaban J connectivity index is 1.84. The lowest BCUT2D eigenvalue weighted by molar-refractivity contribution is -0.121. The monoisotopic (exact) mass is 493 g/mol. The number of halogens is 1. The van der Waals surface area contributed by atoms with Crippen molar-refractivity contribution < 1.29 is 19.1 Å². The molecule has 3 N–H and O–H groups in total. The summed E-state index contributed by atoms with van der Waals surface area (Å²) in [5, 5.41) is 2.42. The molecule has 7 nitrogen and oxygen atoms in total. The zero-order chi connectivity index (χ0) is 22.3. The van der Waals surface area contributed by atoms with E-state index in [1.54, 1.807) is 31.4 Å². The van der Waals surface area contributed by atoms with Crippen molar-refractivity contribution in [3.63, 3.8) is 0 Å². The number of hydrogen-bond acceptors (Lipinski definition) is 5. The van der Waals surface area contributed by atoms with Crippen molar-refractivity contribution in [1.82, 2.24) is 16.2 Å². The lowest BCUT2D eigenvalue weighted by Gasteiger charge is -2.16. The first-order chi connectivity index (χ1) is 14.2. The minimum absolute atomic E-state index is 0.0402. The molecule has 0 saturated carbocycles. The Kier molecular flexibility index (Phi) is 8.61. The highest BCUT2D eigenvalue weighted by Gasteiger charge is 2.13. The Morgan fingerprint density at radius 2 is 1.80 bits per heavy atom. The third-order valence-corrected chi connectivity index (χ3v) is 5.23. The minimum atomic E-state index is -0.443. The maximum atomic E-state index is 12.1. The van der Waals surface area contributed by atoms with Crippen molar-refractivity contribution in [1.29, 1.82) is 0 Å². The lowest BCUT2D eigenvalue weighted by atomic mass is 10.0. The fourth-order valence-corrected chi connectivity index (χ4v) is 3.04. The van der Waals surface area contributed by atoms with E-state index in [0.717, 1.165) is 15.6 Å². The van der Waals surface area contributed by atoms with Crippen LogP contribution in [0.5, 0.6) is 11.5 Å². The Bertz CT molecular complexity index is 933. The predicted molar refractivity (Wildman–Crippen MR) is 123 cm³/mol. The summed E-state index contributed by atoms with van der Waals surface area (Å²) in [6, 6.07) is 10.4. The van der Waals surface area contributed by atoms with E-state index in [1.807, 2.05) is 19.1 Å². The highest BCUT2D eigenvalue weighted by molar-refractivity contribution is 9.10. The van der Waals surface area contributed by atoms with Gasteiger partial charge < -0.3 is 9.47 Å². The van der Waals surface area contributed by atoms with Gasteiger partial charge in [-0.1, -0.05) is 29.8 Å². The summed E-state index contributed by atoms with van der Waals surface area (Å²) < 4.78 is 11.7. The van der Waals surface area contributed by atoms with Crippen molar-refractivity contribution in [2.45, 2.75) is 26.7 Å². The third-order valence-electron chi connectivity index (χ3n) is 4.17. The second-order valence-corrected chi connectivity index (χ2v) is 8.03. The van der Waals surface area contributed by atoms with Crippen LogP contribution in [-0.2, 0) is 4.79 Å². The van der Waals surface area contributed by atoms with Gasteiger partial charge in [0.2, 0.25) is 0 Å². The number of nitrogens with one attached hydrogen (secondary N) is 3. The largest absolute Gasteiger partial charge is 0.497 e. The van der Waals surface area contributed by atoms with E-state index in [0.29, 0.717) is 17.1 Å². The molecule has 0 saturated heterocycles. The standard InChI is InChI=1S/C21H24BrN3O4S/c1-12(2)16-10-17(22)13(3)9-18(16)29-11-19(26)23-21(30)25-24-20(27)14-5-7-15(28-4)8-6-14/h5-10,12H,11H2,1-4H3,(H,24,27)(H2,23,25,26,30). The second kappa shape index (κ2) is 10.9. The van der Waals surface area contributed by atoms with Crippen molar-refractivity contribution in [3.05, 3.63) is 57.6 Å².